The van der Waals surface area contributed by atoms with Crippen LogP contribution >= 0.6 is 0 Å². The van der Waals surface area contributed by atoms with Gasteiger partial charge in [0.1, 0.15) is 0 Å². The van der Waals surface area contributed by atoms with Crippen molar-refractivity contribution < 1.29 is 9.84 Å². The van der Waals surface area contributed by atoms with Crippen LogP contribution in [0.5, 0.6) is 0 Å². The van der Waals surface area contributed by atoms with Crippen molar-refractivity contribution in [2.75, 3.05) is 13.2 Å². The van der Waals surface area contributed by atoms with E-state index in [9.17, 15) is 5.11 Å². The number of ether oxygens (including phenoxy) is 1. The van der Waals surface area contributed by atoms with Crippen LogP contribution in [0, 0.1) is 0 Å². The molecule has 0 spiro atoms. The second kappa shape index (κ2) is 11.4. The maximum Gasteiger partial charge on any atom is 0.181 e. The van der Waals surface area contributed by atoms with Crippen LogP contribution in [0.25, 0.3) is 0 Å². The molecule has 1 rings (SSSR count). The van der Waals surface area contributed by atoms with Crippen LogP contribution in [0.3, 0.4) is 0 Å². The smallest absolute Gasteiger partial charge is 0.181 e. The summed E-state index contributed by atoms with van der Waals surface area (Å²) < 4.78 is 5.64. The third-order valence-corrected chi connectivity index (χ3v) is 4.69. The van der Waals surface area contributed by atoms with Crippen LogP contribution in [0.15, 0.2) is 0 Å². The van der Waals surface area contributed by atoms with E-state index in [0.29, 0.717) is 6.61 Å². The zero-order valence-electron chi connectivity index (χ0n) is 14.3. The lowest BCUT2D eigenvalue weighted by Gasteiger charge is -2.40. The molecule has 126 valence electrons. The van der Waals surface area contributed by atoms with Crippen molar-refractivity contribution in [3.05, 3.63) is 0 Å². The first-order valence-corrected chi connectivity index (χ1v) is 9.32. The summed E-state index contributed by atoms with van der Waals surface area (Å²) in [5, 5.41) is 13.9. The zero-order chi connectivity index (χ0) is 15.4. The Labute approximate surface area is 131 Å². The largest absolute Gasteiger partial charge is 0.364 e. The van der Waals surface area contributed by atoms with Crippen molar-refractivity contribution in [3.63, 3.8) is 0 Å². The van der Waals surface area contributed by atoms with Crippen molar-refractivity contribution in [2.24, 2.45) is 0 Å². The van der Waals surface area contributed by atoms with Crippen molar-refractivity contribution in [3.8, 4) is 0 Å². The summed E-state index contributed by atoms with van der Waals surface area (Å²) in [6, 6.07) is 0.102. The molecule has 2 unspecified atom stereocenters. The topological polar surface area (TPSA) is 41.5 Å². The Bertz CT molecular complexity index is 247. The molecule has 0 radical (unpaired) electrons. The Hall–Kier alpha value is -0.120. The maximum absolute atomic E-state index is 10.6. The quantitative estimate of drug-likeness (QED) is 0.525. The highest BCUT2D eigenvalue weighted by Gasteiger charge is 2.38. The first-order chi connectivity index (χ1) is 10.2. The van der Waals surface area contributed by atoms with Gasteiger partial charge in [0.2, 0.25) is 0 Å². The minimum absolute atomic E-state index is 0.102. The number of morpholine rings is 1. The molecule has 0 bridgehead atoms. The van der Waals surface area contributed by atoms with Crippen molar-refractivity contribution in [2.45, 2.75) is 103 Å². The number of hydrogen-bond donors (Lipinski definition) is 2. The molecule has 3 heteroatoms. The van der Waals surface area contributed by atoms with Gasteiger partial charge >= 0.3 is 0 Å². The lowest BCUT2D eigenvalue weighted by molar-refractivity contribution is -0.243. The molecule has 1 heterocycles. The highest BCUT2D eigenvalue weighted by atomic mass is 16.6. The van der Waals surface area contributed by atoms with Crippen LogP contribution in [0.1, 0.15) is 90.9 Å². The van der Waals surface area contributed by atoms with E-state index in [0.717, 1.165) is 25.8 Å². The van der Waals surface area contributed by atoms with Gasteiger partial charge in [-0.3, -0.25) is 0 Å². The van der Waals surface area contributed by atoms with Gasteiger partial charge in [0.15, 0.2) is 5.79 Å². The van der Waals surface area contributed by atoms with Gasteiger partial charge in [-0.05, 0) is 12.8 Å². The van der Waals surface area contributed by atoms with E-state index >= 15 is 0 Å². The summed E-state index contributed by atoms with van der Waals surface area (Å²) in [5.74, 6) is -0.923. The van der Waals surface area contributed by atoms with E-state index in [1.807, 2.05) is 0 Å². The molecule has 0 saturated carbocycles. The van der Waals surface area contributed by atoms with E-state index in [4.69, 9.17) is 4.74 Å². The van der Waals surface area contributed by atoms with Gasteiger partial charge < -0.3 is 15.2 Å². The fourth-order valence-electron chi connectivity index (χ4n) is 3.30. The minimum atomic E-state index is -0.923. The molecule has 1 aliphatic heterocycles. The van der Waals surface area contributed by atoms with Gasteiger partial charge in [-0.25, -0.2) is 0 Å². The molecule has 0 aromatic rings. The lowest BCUT2D eigenvalue weighted by atomic mass is 9.96. The fourth-order valence-corrected chi connectivity index (χ4v) is 3.30. The van der Waals surface area contributed by atoms with Gasteiger partial charge in [-0.1, -0.05) is 71.6 Å². The highest BCUT2D eigenvalue weighted by Crippen LogP contribution is 2.25. The van der Waals surface area contributed by atoms with Gasteiger partial charge in [0.05, 0.1) is 12.6 Å². The average Bonchev–Trinajstić information content (AvgIpc) is 2.49. The van der Waals surface area contributed by atoms with E-state index in [1.54, 1.807) is 0 Å². The Morgan fingerprint density at radius 3 is 2.10 bits per heavy atom. The van der Waals surface area contributed by atoms with Crippen LogP contribution in [0.2, 0.25) is 0 Å². The molecule has 3 nitrogen and oxygen atoms in total. The predicted octanol–water partition coefficient (Wildman–Crippen LogP) is 4.38. The Kier molecular flexibility index (Phi) is 10.3. The van der Waals surface area contributed by atoms with E-state index in [1.165, 1.54) is 57.8 Å². The Balaban J connectivity index is 1.98. The molecule has 21 heavy (non-hydrogen) atoms. The monoisotopic (exact) mass is 299 g/mol. The van der Waals surface area contributed by atoms with E-state index < -0.39 is 5.79 Å². The first-order valence-electron chi connectivity index (χ1n) is 9.32. The van der Waals surface area contributed by atoms with Crippen LogP contribution < -0.4 is 5.32 Å². The van der Waals surface area contributed by atoms with E-state index in [-0.39, 0.29) is 6.04 Å². The molecular formula is C18H37NO2. The SMILES string of the molecule is CCCCCCCCCCCCC1(O)OCCNC1CC. The number of unbranched alkanes of at least 4 members (excludes halogenated alkanes) is 9. The molecule has 0 amide bonds. The zero-order valence-corrected chi connectivity index (χ0v) is 14.3. The molecule has 2 N–H and O–H groups in total. The van der Waals surface area contributed by atoms with Crippen LogP contribution in [-0.4, -0.2) is 30.1 Å². The molecule has 1 aliphatic rings. The van der Waals surface area contributed by atoms with Gasteiger partial charge in [0.25, 0.3) is 0 Å². The summed E-state index contributed by atoms with van der Waals surface area (Å²) in [7, 11) is 0. The lowest BCUT2D eigenvalue weighted by Crippen LogP contribution is -2.57. The molecular weight excluding hydrogens is 262 g/mol. The fraction of sp³-hybridized carbons (Fsp3) is 1.00. The van der Waals surface area contributed by atoms with Crippen LogP contribution in [0.4, 0.5) is 0 Å². The average molecular weight is 299 g/mol. The van der Waals surface area contributed by atoms with Gasteiger partial charge in [0, 0.05) is 13.0 Å². The molecule has 0 aromatic heterocycles. The summed E-state index contributed by atoms with van der Waals surface area (Å²) in [6.45, 7) is 5.86. The molecule has 1 saturated heterocycles. The molecule has 2 atom stereocenters. The molecule has 1 fully saturated rings. The van der Waals surface area contributed by atoms with E-state index in [2.05, 4.69) is 19.2 Å². The van der Waals surface area contributed by atoms with Crippen molar-refractivity contribution in [1.29, 1.82) is 0 Å². The molecule has 0 aromatic carbocycles. The summed E-state index contributed by atoms with van der Waals surface area (Å²) >= 11 is 0. The normalized spacial score (nSPS) is 26.1. The third kappa shape index (κ3) is 7.62. The Morgan fingerprint density at radius 1 is 0.952 bits per heavy atom. The summed E-state index contributed by atoms with van der Waals surface area (Å²) in [5.41, 5.74) is 0. The number of aliphatic hydroxyl groups is 1. The number of hydrogen-bond acceptors (Lipinski definition) is 3. The van der Waals surface area contributed by atoms with Gasteiger partial charge in [-0.2, -0.15) is 0 Å². The van der Waals surface area contributed by atoms with Crippen molar-refractivity contribution in [1.82, 2.24) is 5.32 Å². The second-order valence-electron chi connectivity index (χ2n) is 6.54. The van der Waals surface area contributed by atoms with Crippen molar-refractivity contribution >= 4 is 0 Å². The standard InChI is InChI=1S/C18H37NO2/c1-3-5-6-7-8-9-10-11-12-13-14-18(20)17(4-2)19-15-16-21-18/h17,19-20H,3-16H2,1-2H3. The number of rotatable bonds is 12. The van der Waals surface area contributed by atoms with Crippen LogP contribution in [-0.2, 0) is 4.74 Å². The second-order valence-corrected chi connectivity index (χ2v) is 6.54. The Morgan fingerprint density at radius 2 is 1.52 bits per heavy atom. The first kappa shape index (κ1) is 18.9. The summed E-state index contributed by atoms with van der Waals surface area (Å²) in [4.78, 5) is 0. The third-order valence-electron chi connectivity index (χ3n) is 4.69. The minimum Gasteiger partial charge on any atom is -0.364 e. The summed E-state index contributed by atoms with van der Waals surface area (Å²) in [6.07, 6.45) is 15.0. The molecule has 0 aliphatic carbocycles. The predicted molar refractivity (Wildman–Crippen MR) is 89.4 cm³/mol. The van der Waals surface area contributed by atoms with Gasteiger partial charge in [-0.15, -0.1) is 0 Å². The number of nitrogens with one attached hydrogen (secondary N) is 1. The highest BCUT2D eigenvalue weighted by molar-refractivity contribution is 4.86. The maximum atomic E-state index is 10.6.